The summed E-state index contributed by atoms with van der Waals surface area (Å²) in [5.41, 5.74) is 0.652. The number of nitrogens with zero attached hydrogens (tertiary/aromatic N) is 1. The maximum atomic E-state index is 12.8. The van der Waals surface area contributed by atoms with Crippen LogP contribution in [0.3, 0.4) is 0 Å². The van der Waals surface area contributed by atoms with Crippen LogP contribution in [0.2, 0.25) is 0 Å². The topological polar surface area (TPSA) is 41.6 Å². The fourth-order valence-corrected chi connectivity index (χ4v) is 3.03. The molecular weight excluding hydrogens is 288 g/mol. The highest BCUT2D eigenvalue weighted by Crippen LogP contribution is 2.28. The zero-order valence-corrected chi connectivity index (χ0v) is 13.7. The van der Waals surface area contributed by atoms with E-state index in [2.05, 4.69) is 11.9 Å². The van der Waals surface area contributed by atoms with Crippen LogP contribution in [0, 0.1) is 5.92 Å². The summed E-state index contributed by atoms with van der Waals surface area (Å²) in [4.78, 5) is 14.7. The molecule has 0 atom stereocenters. The van der Waals surface area contributed by atoms with Crippen molar-refractivity contribution in [2.45, 2.75) is 31.7 Å². The number of amides is 1. The fourth-order valence-electron chi connectivity index (χ4n) is 3.03. The largest absolute Gasteiger partial charge is 0.489 e. The predicted octanol–water partition coefficient (Wildman–Crippen LogP) is 2.86. The molecule has 0 aromatic heterocycles. The number of rotatable bonds is 7. The average Bonchev–Trinajstić information content (AvgIpc) is 3.43. The van der Waals surface area contributed by atoms with Gasteiger partial charge in [-0.15, -0.1) is 0 Å². The molecule has 1 aliphatic heterocycles. The zero-order valence-electron chi connectivity index (χ0n) is 13.7. The normalized spacial score (nSPS) is 18.7. The van der Waals surface area contributed by atoms with E-state index in [1.165, 1.54) is 12.8 Å². The molecule has 4 nitrogen and oxygen atoms in total. The maximum Gasteiger partial charge on any atom is 0.257 e. The number of likely N-dealkylation sites (tertiary alicyclic amines) is 1. The number of nitrogens with one attached hydrogen (secondary N) is 1. The quantitative estimate of drug-likeness (QED) is 0.787. The Labute approximate surface area is 138 Å². The number of para-hydroxylation sites is 1. The number of hydrogen-bond donors (Lipinski definition) is 1. The molecule has 0 spiro atoms. The molecule has 0 bridgehead atoms. The molecule has 2 aliphatic rings. The van der Waals surface area contributed by atoms with E-state index in [4.69, 9.17) is 4.74 Å². The third-order valence-corrected chi connectivity index (χ3v) is 4.65. The molecule has 2 fully saturated rings. The SMILES string of the molecule is C=CCOc1ccccc1C(=O)N1CCC(NCC2CC2)CC1. The number of hydrogen-bond acceptors (Lipinski definition) is 3. The summed E-state index contributed by atoms with van der Waals surface area (Å²) in [5.74, 6) is 1.63. The van der Waals surface area contributed by atoms with Crippen LogP contribution in [-0.2, 0) is 0 Å². The molecule has 0 unspecified atom stereocenters. The third-order valence-electron chi connectivity index (χ3n) is 4.65. The van der Waals surface area contributed by atoms with Gasteiger partial charge in [-0.1, -0.05) is 24.8 Å². The zero-order chi connectivity index (χ0) is 16.1. The lowest BCUT2D eigenvalue weighted by Gasteiger charge is -2.33. The number of piperidine rings is 1. The molecule has 23 heavy (non-hydrogen) atoms. The fraction of sp³-hybridized carbons (Fsp3) is 0.526. The first-order valence-electron chi connectivity index (χ1n) is 8.63. The number of carbonyl (C=O) groups excluding carboxylic acids is 1. The van der Waals surface area contributed by atoms with Crippen molar-refractivity contribution < 1.29 is 9.53 Å². The van der Waals surface area contributed by atoms with Crippen molar-refractivity contribution in [2.75, 3.05) is 26.2 Å². The van der Waals surface area contributed by atoms with Crippen molar-refractivity contribution in [3.63, 3.8) is 0 Å². The van der Waals surface area contributed by atoms with Crippen LogP contribution in [0.1, 0.15) is 36.0 Å². The van der Waals surface area contributed by atoms with Gasteiger partial charge in [-0.25, -0.2) is 0 Å². The Balaban J connectivity index is 1.55. The molecule has 1 saturated heterocycles. The van der Waals surface area contributed by atoms with E-state index in [9.17, 15) is 4.79 Å². The van der Waals surface area contributed by atoms with Gasteiger partial charge in [-0.2, -0.15) is 0 Å². The van der Waals surface area contributed by atoms with Gasteiger partial charge < -0.3 is 15.0 Å². The lowest BCUT2D eigenvalue weighted by molar-refractivity contribution is 0.0701. The van der Waals surface area contributed by atoms with Gasteiger partial charge in [-0.05, 0) is 50.3 Å². The van der Waals surface area contributed by atoms with E-state index < -0.39 is 0 Å². The Hall–Kier alpha value is -1.81. The highest BCUT2D eigenvalue weighted by atomic mass is 16.5. The molecule has 3 rings (SSSR count). The monoisotopic (exact) mass is 314 g/mol. The minimum absolute atomic E-state index is 0.0744. The first kappa shape index (κ1) is 16.1. The minimum atomic E-state index is 0.0744. The van der Waals surface area contributed by atoms with Gasteiger partial charge >= 0.3 is 0 Å². The molecule has 1 aliphatic carbocycles. The van der Waals surface area contributed by atoms with Gasteiger partial charge in [0.25, 0.3) is 5.91 Å². The minimum Gasteiger partial charge on any atom is -0.489 e. The summed E-state index contributed by atoms with van der Waals surface area (Å²) in [7, 11) is 0. The standard InChI is InChI=1S/C19H26N2O2/c1-2-13-23-18-6-4-3-5-17(18)19(22)21-11-9-16(10-12-21)20-14-15-7-8-15/h2-6,15-16,20H,1,7-14H2. The lowest BCUT2D eigenvalue weighted by Crippen LogP contribution is -2.45. The highest BCUT2D eigenvalue weighted by Gasteiger charge is 2.27. The first-order valence-corrected chi connectivity index (χ1v) is 8.63. The predicted molar refractivity (Wildman–Crippen MR) is 91.8 cm³/mol. The lowest BCUT2D eigenvalue weighted by atomic mass is 10.0. The van der Waals surface area contributed by atoms with Crippen LogP contribution in [0.4, 0.5) is 0 Å². The maximum absolute atomic E-state index is 12.8. The number of benzene rings is 1. The Bertz CT molecular complexity index is 546. The van der Waals surface area contributed by atoms with Gasteiger partial charge in [0.15, 0.2) is 0 Å². The molecule has 1 heterocycles. The summed E-state index contributed by atoms with van der Waals surface area (Å²) >= 11 is 0. The molecule has 1 aromatic rings. The summed E-state index contributed by atoms with van der Waals surface area (Å²) in [6.07, 6.45) is 6.53. The summed E-state index contributed by atoms with van der Waals surface area (Å²) < 4.78 is 5.61. The molecule has 0 radical (unpaired) electrons. The van der Waals surface area contributed by atoms with Crippen LogP contribution in [0.15, 0.2) is 36.9 Å². The third kappa shape index (κ3) is 4.35. The number of ether oxygens (including phenoxy) is 1. The van der Waals surface area contributed by atoms with Gasteiger partial charge in [0.2, 0.25) is 0 Å². The molecule has 1 aromatic carbocycles. The van der Waals surface area contributed by atoms with Gasteiger partial charge in [0, 0.05) is 19.1 Å². The second-order valence-electron chi connectivity index (χ2n) is 6.51. The van der Waals surface area contributed by atoms with Gasteiger partial charge in [-0.3, -0.25) is 4.79 Å². The van der Waals surface area contributed by atoms with Crippen LogP contribution in [0.5, 0.6) is 5.75 Å². The van der Waals surface area contributed by atoms with E-state index in [0.717, 1.165) is 38.4 Å². The molecule has 124 valence electrons. The van der Waals surface area contributed by atoms with Gasteiger partial charge in [0.05, 0.1) is 5.56 Å². The molecule has 1 saturated carbocycles. The van der Waals surface area contributed by atoms with Crippen LogP contribution >= 0.6 is 0 Å². The van der Waals surface area contributed by atoms with E-state index in [1.807, 2.05) is 29.2 Å². The average molecular weight is 314 g/mol. The highest BCUT2D eigenvalue weighted by molar-refractivity contribution is 5.97. The second kappa shape index (κ2) is 7.64. The van der Waals surface area contributed by atoms with E-state index in [1.54, 1.807) is 6.08 Å². The van der Waals surface area contributed by atoms with E-state index in [0.29, 0.717) is 24.0 Å². The van der Waals surface area contributed by atoms with Crippen molar-refractivity contribution >= 4 is 5.91 Å². The van der Waals surface area contributed by atoms with Crippen molar-refractivity contribution in [2.24, 2.45) is 5.92 Å². The Morgan fingerprint density at radius 3 is 2.70 bits per heavy atom. The molecular formula is C19H26N2O2. The second-order valence-corrected chi connectivity index (χ2v) is 6.51. The van der Waals surface area contributed by atoms with E-state index >= 15 is 0 Å². The Morgan fingerprint density at radius 1 is 1.26 bits per heavy atom. The smallest absolute Gasteiger partial charge is 0.257 e. The van der Waals surface area contributed by atoms with Crippen LogP contribution in [0.25, 0.3) is 0 Å². The van der Waals surface area contributed by atoms with Crippen molar-refractivity contribution in [1.29, 1.82) is 0 Å². The van der Waals surface area contributed by atoms with E-state index in [-0.39, 0.29) is 5.91 Å². The molecule has 4 heteroatoms. The Morgan fingerprint density at radius 2 is 2.00 bits per heavy atom. The number of carbonyl (C=O) groups is 1. The molecule has 1 amide bonds. The van der Waals surface area contributed by atoms with Crippen molar-refractivity contribution in [3.05, 3.63) is 42.5 Å². The summed E-state index contributed by atoms with van der Waals surface area (Å²) in [6, 6.07) is 8.03. The van der Waals surface area contributed by atoms with Crippen molar-refractivity contribution in [3.8, 4) is 5.75 Å². The van der Waals surface area contributed by atoms with Crippen molar-refractivity contribution in [1.82, 2.24) is 10.2 Å². The van der Waals surface area contributed by atoms with Crippen LogP contribution < -0.4 is 10.1 Å². The first-order chi connectivity index (χ1) is 11.3. The van der Waals surface area contributed by atoms with Gasteiger partial charge in [0.1, 0.15) is 12.4 Å². The van der Waals surface area contributed by atoms with Crippen LogP contribution in [-0.4, -0.2) is 43.1 Å². The summed E-state index contributed by atoms with van der Waals surface area (Å²) in [5, 5.41) is 3.65. The Kier molecular flexibility index (Phi) is 5.34. The molecule has 1 N–H and O–H groups in total. The summed E-state index contributed by atoms with van der Waals surface area (Å²) in [6.45, 7) is 6.85.